The Balaban J connectivity index is 2.87. The molecule has 1 aliphatic rings. The van der Waals surface area contributed by atoms with Crippen LogP contribution in [-0.2, 0) is 4.79 Å². The second kappa shape index (κ2) is 4.60. The molecule has 1 aliphatic carbocycles. The molecule has 0 aromatic rings. The fraction of sp³-hybridized carbons (Fsp3) is 0.750. The van der Waals surface area contributed by atoms with Crippen LogP contribution < -0.4 is 5.73 Å². The Bertz CT molecular complexity index is 288. The molecule has 1 atom stereocenters. The van der Waals surface area contributed by atoms with E-state index in [1.165, 1.54) is 11.8 Å². The Morgan fingerprint density at radius 1 is 1.47 bits per heavy atom. The lowest BCUT2D eigenvalue weighted by atomic mass is 9.71. The summed E-state index contributed by atoms with van der Waals surface area (Å²) < 4.78 is 0. The first-order chi connectivity index (χ1) is 6.86. The number of allylic oxidation sites excluding steroid dienone is 1. The lowest BCUT2D eigenvalue weighted by Crippen LogP contribution is -2.28. The minimum Gasteiger partial charge on any atom is -0.393 e. The molecule has 0 aliphatic heterocycles. The standard InChI is InChI=1S/C12H21NOS/c1-12(2,3)8-5-6-10(14)9(7-8)11(13)15-4/h8H,5-7,13H2,1-4H3/b11-9-. The van der Waals surface area contributed by atoms with Crippen molar-refractivity contribution in [2.75, 3.05) is 6.26 Å². The third-order valence-electron chi connectivity index (χ3n) is 3.25. The molecule has 0 spiro atoms. The number of carbonyl (C=O) groups excluding carboxylic acids is 1. The zero-order valence-electron chi connectivity index (χ0n) is 10.1. The molecule has 0 heterocycles. The molecule has 15 heavy (non-hydrogen) atoms. The highest BCUT2D eigenvalue weighted by Gasteiger charge is 2.32. The quantitative estimate of drug-likeness (QED) is 0.700. The van der Waals surface area contributed by atoms with Gasteiger partial charge in [-0.05, 0) is 30.4 Å². The molecule has 1 saturated carbocycles. The number of hydrogen-bond acceptors (Lipinski definition) is 3. The molecule has 1 fully saturated rings. The van der Waals surface area contributed by atoms with Gasteiger partial charge in [0.15, 0.2) is 5.78 Å². The van der Waals surface area contributed by atoms with Crippen LogP contribution in [0.1, 0.15) is 40.0 Å². The molecule has 2 N–H and O–H groups in total. The minimum atomic E-state index is 0.252. The molecular weight excluding hydrogens is 206 g/mol. The largest absolute Gasteiger partial charge is 0.393 e. The third-order valence-corrected chi connectivity index (χ3v) is 3.94. The van der Waals surface area contributed by atoms with Gasteiger partial charge in [-0.1, -0.05) is 20.8 Å². The molecule has 1 rings (SSSR count). The van der Waals surface area contributed by atoms with Crippen LogP contribution >= 0.6 is 11.8 Å². The Labute approximate surface area is 96.7 Å². The smallest absolute Gasteiger partial charge is 0.161 e. The van der Waals surface area contributed by atoms with Gasteiger partial charge in [0.05, 0.1) is 5.03 Å². The van der Waals surface area contributed by atoms with Crippen LogP contribution in [0.15, 0.2) is 10.6 Å². The Morgan fingerprint density at radius 2 is 2.07 bits per heavy atom. The van der Waals surface area contributed by atoms with Gasteiger partial charge in [-0.15, -0.1) is 11.8 Å². The van der Waals surface area contributed by atoms with Gasteiger partial charge in [-0.2, -0.15) is 0 Å². The average molecular weight is 227 g/mol. The molecule has 0 aromatic heterocycles. The summed E-state index contributed by atoms with van der Waals surface area (Å²) in [7, 11) is 0. The van der Waals surface area contributed by atoms with Gasteiger partial charge in [0.25, 0.3) is 0 Å². The maximum atomic E-state index is 11.7. The molecule has 0 radical (unpaired) electrons. The van der Waals surface area contributed by atoms with Crippen LogP contribution in [0.3, 0.4) is 0 Å². The predicted octanol–water partition coefficient (Wildman–Crippen LogP) is 2.94. The summed E-state index contributed by atoms with van der Waals surface area (Å²) in [6.45, 7) is 6.71. The molecule has 1 unspecified atom stereocenters. The summed E-state index contributed by atoms with van der Waals surface area (Å²) in [6, 6.07) is 0. The number of hydrogen-bond donors (Lipinski definition) is 1. The maximum Gasteiger partial charge on any atom is 0.161 e. The van der Waals surface area contributed by atoms with Gasteiger partial charge in [-0.3, -0.25) is 4.79 Å². The summed E-state index contributed by atoms with van der Waals surface area (Å²) in [5, 5.41) is 0.717. The van der Waals surface area contributed by atoms with E-state index in [-0.39, 0.29) is 11.2 Å². The molecule has 3 heteroatoms. The van der Waals surface area contributed by atoms with E-state index in [0.29, 0.717) is 17.4 Å². The molecule has 86 valence electrons. The van der Waals surface area contributed by atoms with Crippen molar-refractivity contribution in [3.63, 3.8) is 0 Å². The number of Topliss-reactive ketones (excluding diaryl/α,β-unsaturated/α-hetero) is 1. The van der Waals surface area contributed by atoms with E-state index in [2.05, 4.69) is 20.8 Å². The van der Waals surface area contributed by atoms with Crippen molar-refractivity contribution in [2.45, 2.75) is 40.0 Å². The van der Waals surface area contributed by atoms with Gasteiger partial charge in [0.2, 0.25) is 0 Å². The number of ketones is 1. The molecule has 0 amide bonds. The van der Waals surface area contributed by atoms with Crippen LogP contribution in [0.5, 0.6) is 0 Å². The van der Waals surface area contributed by atoms with E-state index in [9.17, 15) is 4.79 Å². The fourth-order valence-corrected chi connectivity index (χ4v) is 2.46. The monoisotopic (exact) mass is 227 g/mol. The zero-order valence-corrected chi connectivity index (χ0v) is 10.9. The van der Waals surface area contributed by atoms with E-state index in [0.717, 1.165) is 18.4 Å². The Kier molecular flexibility index (Phi) is 3.87. The topological polar surface area (TPSA) is 43.1 Å². The SMILES string of the molecule is CS/C(N)=C1/CC(C(C)(C)C)CCC1=O. The number of carbonyl (C=O) groups is 1. The minimum absolute atomic E-state index is 0.252. The van der Waals surface area contributed by atoms with Crippen molar-refractivity contribution >= 4 is 17.5 Å². The van der Waals surface area contributed by atoms with Gasteiger partial charge >= 0.3 is 0 Å². The van der Waals surface area contributed by atoms with E-state index in [1.54, 1.807) is 0 Å². The number of rotatable bonds is 1. The van der Waals surface area contributed by atoms with Crippen molar-refractivity contribution in [2.24, 2.45) is 17.1 Å². The highest BCUT2D eigenvalue weighted by Crippen LogP contribution is 2.39. The first kappa shape index (κ1) is 12.6. The maximum absolute atomic E-state index is 11.7. The van der Waals surface area contributed by atoms with Crippen molar-refractivity contribution < 1.29 is 4.79 Å². The van der Waals surface area contributed by atoms with Crippen LogP contribution in [0, 0.1) is 11.3 Å². The summed E-state index contributed by atoms with van der Waals surface area (Å²) in [5.41, 5.74) is 7.00. The van der Waals surface area contributed by atoms with Crippen molar-refractivity contribution in [1.29, 1.82) is 0 Å². The van der Waals surface area contributed by atoms with Crippen molar-refractivity contribution in [3.05, 3.63) is 10.6 Å². The molecular formula is C12H21NOS. The van der Waals surface area contributed by atoms with Crippen LogP contribution in [0.25, 0.3) is 0 Å². The Hall–Kier alpha value is -0.440. The number of thioether (sulfide) groups is 1. The molecule has 0 aromatic carbocycles. The van der Waals surface area contributed by atoms with E-state index >= 15 is 0 Å². The first-order valence-corrected chi connectivity index (χ1v) is 6.64. The lowest BCUT2D eigenvalue weighted by molar-refractivity contribution is -0.117. The normalized spacial score (nSPS) is 26.7. The third kappa shape index (κ3) is 3.00. The van der Waals surface area contributed by atoms with Gasteiger partial charge in [0, 0.05) is 12.0 Å². The number of nitrogens with two attached hydrogens (primary N) is 1. The van der Waals surface area contributed by atoms with Crippen LogP contribution in [0.2, 0.25) is 0 Å². The summed E-state index contributed by atoms with van der Waals surface area (Å²) in [4.78, 5) is 11.7. The van der Waals surface area contributed by atoms with Crippen LogP contribution in [0.4, 0.5) is 0 Å². The lowest BCUT2D eigenvalue weighted by Gasteiger charge is -2.34. The highest BCUT2D eigenvalue weighted by molar-refractivity contribution is 8.02. The van der Waals surface area contributed by atoms with Crippen molar-refractivity contribution in [3.8, 4) is 0 Å². The van der Waals surface area contributed by atoms with E-state index < -0.39 is 0 Å². The molecule has 2 nitrogen and oxygen atoms in total. The van der Waals surface area contributed by atoms with Gasteiger partial charge < -0.3 is 5.73 Å². The average Bonchev–Trinajstić information content (AvgIpc) is 2.15. The summed E-state index contributed by atoms with van der Waals surface area (Å²) in [5.74, 6) is 0.832. The first-order valence-electron chi connectivity index (χ1n) is 5.42. The Morgan fingerprint density at radius 3 is 2.53 bits per heavy atom. The van der Waals surface area contributed by atoms with Crippen molar-refractivity contribution in [1.82, 2.24) is 0 Å². The predicted molar refractivity (Wildman–Crippen MR) is 66.5 cm³/mol. The highest BCUT2D eigenvalue weighted by atomic mass is 32.2. The van der Waals surface area contributed by atoms with Crippen LogP contribution in [-0.4, -0.2) is 12.0 Å². The fourth-order valence-electron chi connectivity index (χ4n) is 2.02. The van der Waals surface area contributed by atoms with Gasteiger partial charge in [0.1, 0.15) is 0 Å². The second-order valence-electron chi connectivity index (χ2n) is 5.28. The van der Waals surface area contributed by atoms with Gasteiger partial charge in [-0.25, -0.2) is 0 Å². The second-order valence-corrected chi connectivity index (χ2v) is 6.12. The van der Waals surface area contributed by atoms with E-state index in [4.69, 9.17) is 5.73 Å². The summed E-state index contributed by atoms with van der Waals surface area (Å²) in [6.07, 6.45) is 4.46. The summed E-state index contributed by atoms with van der Waals surface area (Å²) >= 11 is 1.48. The van der Waals surface area contributed by atoms with E-state index in [1.807, 2.05) is 6.26 Å². The molecule has 0 bridgehead atoms. The zero-order chi connectivity index (χ0) is 11.6. The molecule has 0 saturated heterocycles.